The van der Waals surface area contributed by atoms with Crippen molar-refractivity contribution in [1.82, 2.24) is 5.32 Å². The van der Waals surface area contributed by atoms with Crippen molar-refractivity contribution in [2.24, 2.45) is 0 Å². The fourth-order valence-corrected chi connectivity index (χ4v) is 3.56. The SMILES string of the molecule is CCCCNC(=O)c1ccc(NC(=O)COc2c(Cl)cc(Cl)cc2Br)cc1. The number of hydrogen-bond donors (Lipinski definition) is 2. The number of anilines is 1. The Morgan fingerprint density at radius 2 is 1.85 bits per heavy atom. The molecule has 2 N–H and O–H groups in total. The van der Waals surface area contributed by atoms with Gasteiger partial charge in [0.15, 0.2) is 12.4 Å². The third-order valence-electron chi connectivity index (χ3n) is 3.56. The zero-order chi connectivity index (χ0) is 19.8. The lowest BCUT2D eigenvalue weighted by atomic mass is 10.2. The first-order valence-electron chi connectivity index (χ1n) is 8.36. The Kier molecular flexibility index (Phi) is 8.41. The lowest BCUT2D eigenvalue weighted by Gasteiger charge is -2.11. The molecule has 2 rings (SSSR count). The summed E-state index contributed by atoms with van der Waals surface area (Å²) in [7, 11) is 0. The largest absolute Gasteiger partial charge is 0.481 e. The van der Waals surface area contributed by atoms with E-state index in [0.717, 1.165) is 12.8 Å². The standard InChI is InChI=1S/C19H19BrCl2N2O3/c1-2-3-8-23-19(26)12-4-6-14(7-5-12)24-17(25)11-27-18-15(20)9-13(21)10-16(18)22/h4-7,9-10H,2-3,8,11H2,1H3,(H,23,26)(H,24,25). The molecule has 0 fully saturated rings. The normalized spacial score (nSPS) is 10.4. The molecule has 0 unspecified atom stereocenters. The molecular weight excluding hydrogens is 455 g/mol. The van der Waals surface area contributed by atoms with Crippen LogP contribution < -0.4 is 15.4 Å². The predicted octanol–water partition coefficient (Wildman–Crippen LogP) is 5.30. The van der Waals surface area contributed by atoms with E-state index < -0.39 is 0 Å². The van der Waals surface area contributed by atoms with Crippen molar-refractivity contribution in [3.63, 3.8) is 0 Å². The molecule has 0 aliphatic heterocycles. The van der Waals surface area contributed by atoms with Crippen LogP contribution in [0.15, 0.2) is 40.9 Å². The highest BCUT2D eigenvalue weighted by molar-refractivity contribution is 9.10. The van der Waals surface area contributed by atoms with E-state index in [1.54, 1.807) is 30.3 Å². The molecular formula is C19H19BrCl2N2O3. The van der Waals surface area contributed by atoms with E-state index in [4.69, 9.17) is 27.9 Å². The Bertz CT molecular complexity index is 790. The topological polar surface area (TPSA) is 67.4 Å². The van der Waals surface area contributed by atoms with E-state index in [1.165, 1.54) is 6.07 Å². The molecule has 2 aromatic rings. The molecule has 5 nitrogen and oxygen atoms in total. The van der Waals surface area contributed by atoms with Gasteiger partial charge in [0.2, 0.25) is 0 Å². The van der Waals surface area contributed by atoms with Gasteiger partial charge in [0.05, 0.1) is 9.50 Å². The van der Waals surface area contributed by atoms with Crippen LogP contribution in [-0.2, 0) is 4.79 Å². The van der Waals surface area contributed by atoms with Gasteiger partial charge in [0, 0.05) is 22.8 Å². The van der Waals surface area contributed by atoms with Crippen molar-refractivity contribution >= 4 is 56.6 Å². The van der Waals surface area contributed by atoms with Gasteiger partial charge >= 0.3 is 0 Å². The maximum absolute atomic E-state index is 12.1. The summed E-state index contributed by atoms with van der Waals surface area (Å²) in [5.74, 6) is -0.143. The van der Waals surface area contributed by atoms with Crippen LogP contribution in [0.25, 0.3) is 0 Å². The fourth-order valence-electron chi connectivity index (χ4n) is 2.19. The number of hydrogen-bond acceptors (Lipinski definition) is 3. The lowest BCUT2D eigenvalue weighted by Crippen LogP contribution is -2.24. The number of unbranched alkanes of at least 4 members (excludes halogenated alkanes) is 1. The molecule has 0 atom stereocenters. The zero-order valence-electron chi connectivity index (χ0n) is 14.7. The Balaban J connectivity index is 1.88. The second kappa shape index (κ2) is 10.5. The van der Waals surface area contributed by atoms with Crippen LogP contribution in [-0.4, -0.2) is 25.0 Å². The van der Waals surface area contributed by atoms with Gasteiger partial charge in [0.25, 0.3) is 11.8 Å². The zero-order valence-corrected chi connectivity index (χ0v) is 17.7. The van der Waals surface area contributed by atoms with Gasteiger partial charge in [-0.25, -0.2) is 0 Å². The van der Waals surface area contributed by atoms with E-state index in [2.05, 4.69) is 33.5 Å². The minimum absolute atomic E-state index is 0.133. The summed E-state index contributed by atoms with van der Waals surface area (Å²) < 4.78 is 6.02. The highest BCUT2D eigenvalue weighted by atomic mass is 79.9. The number of rotatable bonds is 8. The molecule has 0 heterocycles. The van der Waals surface area contributed by atoms with Crippen LogP contribution in [0, 0.1) is 0 Å². The molecule has 0 aromatic heterocycles. The van der Waals surface area contributed by atoms with Crippen LogP contribution in [0.3, 0.4) is 0 Å². The van der Waals surface area contributed by atoms with E-state index >= 15 is 0 Å². The number of nitrogens with one attached hydrogen (secondary N) is 2. The summed E-state index contributed by atoms with van der Waals surface area (Å²) in [6.45, 7) is 2.49. The predicted molar refractivity (Wildman–Crippen MR) is 112 cm³/mol. The van der Waals surface area contributed by atoms with Gasteiger partial charge < -0.3 is 15.4 Å². The quantitative estimate of drug-likeness (QED) is 0.511. The summed E-state index contributed by atoms with van der Waals surface area (Å²) in [6, 6.07) is 9.81. The number of amides is 2. The van der Waals surface area contributed by atoms with Gasteiger partial charge in [0.1, 0.15) is 0 Å². The lowest BCUT2D eigenvalue weighted by molar-refractivity contribution is -0.118. The summed E-state index contributed by atoms with van der Waals surface area (Å²) in [6.07, 6.45) is 1.96. The minimum atomic E-state index is -0.354. The van der Waals surface area contributed by atoms with Crippen molar-refractivity contribution < 1.29 is 14.3 Å². The molecule has 144 valence electrons. The summed E-state index contributed by atoms with van der Waals surface area (Å²) >= 11 is 15.2. The van der Waals surface area contributed by atoms with Crippen molar-refractivity contribution in [2.75, 3.05) is 18.5 Å². The van der Waals surface area contributed by atoms with E-state index in [-0.39, 0.29) is 18.4 Å². The van der Waals surface area contributed by atoms with Gasteiger partial charge in [-0.05, 0) is 58.7 Å². The average molecular weight is 474 g/mol. The second-order valence-electron chi connectivity index (χ2n) is 5.72. The number of benzene rings is 2. The Morgan fingerprint density at radius 1 is 1.15 bits per heavy atom. The summed E-state index contributed by atoms with van der Waals surface area (Å²) in [5, 5.41) is 6.31. The summed E-state index contributed by atoms with van der Waals surface area (Å²) in [5.41, 5.74) is 1.10. The molecule has 0 aliphatic carbocycles. The molecule has 8 heteroatoms. The first-order valence-corrected chi connectivity index (χ1v) is 9.91. The highest BCUT2D eigenvalue weighted by Gasteiger charge is 2.12. The molecule has 0 radical (unpaired) electrons. The Morgan fingerprint density at radius 3 is 2.48 bits per heavy atom. The maximum atomic E-state index is 12.1. The van der Waals surface area contributed by atoms with Crippen molar-refractivity contribution in [3.8, 4) is 5.75 Å². The molecule has 0 saturated heterocycles. The van der Waals surface area contributed by atoms with Crippen LogP contribution in [0.4, 0.5) is 5.69 Å². The van der Waals surface area contributed by atoms with Crippen LogP contribution in [0.1, 0.15) is 30.1 Å². The molecule has 0 bridgehead atoms. The van der Waals surface area contributed by atoms with Crippen LogP contribution in [0.5, 0.6) is 5.75 Å². The molecule has 0 aliphatic rings. The van der Waals surface area contributed by atoms with E-state index in [1.807, 2.05) is 0 Å². The molecule has 0 spiro atoms. The Labute approximate surface area is 176 Å². The van der Waals surface area contributed by atoms with Crippen molar-refractivity contribution in [1.29, 1.82) is 0 Å². The fraction of sp³-hybridized carbons (Fsp3) is 0.263. The first kappa shape index (κ1) is 21.5. The van der Waals surface area contributed by atoms with Gasteiger partial charge in [-0.1, -0.05) is 36.5 Å². The maximum Gasteiger partial charge on any atom is 0.262 e. The van der Waals surface area contributed by atoms with Gasteiger partial charge in [-0.3, -0.25) is 9.59 Å². The van der Waals surface area contributed by atoms with Crippen LogP contribution in [0.2, 0.25) is 10.0 Å². The van der Waals surface area contributed by atoms with E-state index in [0.29, 0.717) is 38.1 Å². The number of carbonyl (C=O) groups excluding carboxylic acids is 2. The molecule has 27 heavy (non-hydrogen) atoms. The van der Waals surface area contributed by atoms with Crippen molar-refractivity contribution in [2.45, 2.75) is 19.8 Å². The van der Waals surface area contributed by atoms with E-state index in [9.17, 15) is 9.59 Å². The monoisotopic (exact) mass is 472 g/mol. The summed E-state index contributed by atoms with van der Waals surface area (Å²) in [4.78, 5) is 24.0. The number of carbonyl (C=O) groups is 2. The number of ether oxygens (including phenoxy) is 1. The highest BCUT2D eigenvalue weighted by Crippen LogP contribution is 2.35. The smallest absolute Gasteiger partial charge is 0.262 e. The molecule has 0 saturated carbocycles. The first-order chi connectivity index (χ1) is 12.9. The average Bonchev–Trinajstić information content (AvgIpc) is 2.61. The Hall–Kier alpha value is -1.76. The van der Waals surface area contributed by atoms with Crippen LogP contribution >= 0.6 is 39.1 Å². The number of halogens is 3. The minimum Gasteiger partial charge on any atom is -0.481 e. The van der Waals surface area contributed by atoms with Gasteiger partial charge in [-0.15, -0.1) is 0 Å². The third-order valence-corrected chi connectivity index (χ3v) is 4.65. The second-order valence-corrected chi connectivity index (χ2v) is 7.42. The molecule has 2 amide bonds. The molecule has 2 aromatic carbocycles. The third kappa shape index (κ3) is 6.72. The van der Waals surface area contributed by atoms with Crippen molar-refractivity contribution in [3.05, 3.63) is 56.5 Å². The van der Waals surface area contributed by atoms with Gasteiger partial charge in [-0.2, -0.15) is 0 Å².